The predicted molar refractivity (Wildman–Crippen MR) is 81.2 cm³/mol. The molecule has 0 unspecified atom stereocenters. The van der Waals surface area contributed by atoms with Crippen LogP contribution in [-0.2, 0) is 6.42 Å². The maximum Gasteiger partial charge on any atom is 0.0714 e. The first-order valence-electron chi connectivity index (χ1n) is 6.76. The summed E-state index contributed by atoms with van der Waals surface area (Å²) in [6, 6.07) is 14.6. The summed E-state index contributed by atoms with van der Waals surface area (Å²) in [6.07, 6.45) is 2.53. The van der Waals surface area contributed by atoms with Crippen LogP contribution in [0.2, 0.25) is 0 Å². The highest BCUT2D eigenvalue weighted by atomic mass is 16.3. The van der Waals surface area contributed by atoms with Gasteiger partial charge in [-0.1, -0.05) is 49.4 Å². The van der Waals surface area contributed by atoms with Gasteiger partial charge in [0, 0.05) is 11.3 Å². The van der Waals surface area contributed by atoms with Crippen molar-refractivity contribution < 1.29 is 5.11 Å². The van der Waals surface area contributed by atoms with Crippen LogP contribution < -0.4 is 5.11 Å². The fraction of sp³-hybridized carbons (Fsp3) is 0.167. The van der Waals surface area contributed by atoms with E-state index < -0.39 is 0 Å². The number of hydrogen-bond acceptors (Lipinski definition) is 2. The number of benzene rings is 2. The molecule has 100 valence electrons. The first-order valence-corrected chi connectivity index (χ1v) is 6.76. The summed E-state index contributed by atoms with van der Waals surface area (Å²) in [4.78, 5) is 4.61. The quantitative estimate of drug-likeness (QED) is 0.513. The Hall–Kier alpha value is -2.35. The van der Waals surface area contributed by atoms with Crippen molar-refractivity contribution in [3.63, 3.8) is 0 Å². The molecule has 0 spiro atoms. The van der Waals surface area contributed by atoms with Gasteiger partial charge in [0.2, 0.25) is 0 Å². The molecular weight excluding hydrogens is 246 g/mol. The molecule has 0 bridgehead atoms. The normalized spacial score (nSPS) is 14.1. The Morgan fingerprint density at radius 3 is 2.60 bits per heavy atom. The summed E-state index contributed by atoms with van der Waals surface area (Å²) >= 11 is 0. The van der Waals surface area contributed by atoms with Gasteiger partial charge in [0.05, 0.1) is 5.69 Å². The molecule has 0 radical (unpaired) electrons. The monoisotopic (exact) mass is 262 g/mol. The van der Waals surface area contributed by atoms with Gasteiger partial charge < -0.3 is 5.11 Å². The molecule has 0 N–H and O–H groups in total. The number of hydrogen-bond donors (Lipinski definition) is 0. The lowest BCUT2D eigenvalue weighted by Gasteiger charge is -2.07. The summed E-state index contributed by atoms with van der Waals surface area (Å²) in [7, 11) is 0. The second kappa shape index (κ2) is 4.97. The second-order valence-electron chi connectivity index (χ2n) is 5.15. The van der Waals surface area contributed by atoms with E-state index in [4.69, 9.17) is 0 Å². The Morgan fingerprint density at radius 2 is 1.80 bits per heavy atom. The van der Waals surface area contributed by atoms with E-state index in [2.05, 4.69) is 35.3 Å². The van der Waals surface area contributed by atoms with Crippen LogP contribution in [0.15, 0.2) is 59.3 Å². The van der Waals surface area contributed by atoms with Crippen LogP contribution >= 0.6 is 0 Å². The van der Waals surface area contributed by atoms with Crippen LogP contribution in [0.1, 0.15) is 25.0 Å². The zero-order valence-electron chi connectivity index (χ0n) is 11.7. The third kappa shape index (κ3) is 2.25. The Balaban J connectivity index is 2.14. The van der Waals surface area contributed by atoms with E-state index in [1.165, 1.54) is 22.3 Å². The molecule has 2 aromatic rings. The lowest BCUT2D eigenvalue weighted by molar-refractivity contribution is -0.301. The first kappa shape index (κ1) is 12.7. The Labute approximate surface area is 119 Å². The summed E-state index contributed by atoms with van der Waals surface area (Å²) in [5, 5.41) is 11.1. The van der Waals surface area contributed by atoms with Gasteiger partial charge in [-0.25, -0.2) is 0 Å². The Bertz CT molecular complexity index is 722. The summed E-state index contributed by atoms with van der Waals surface area (Å²) in [6.45, 7) is 3.41. The minimum Gasteiger partial charge on any atom is -0.876 e. The molecular formula is C18H16NO-. The van der Waals surface area contributed by atoms with Crippen molar-refractivity contribution in [1.82, 2.24) is 0 Å². The minimum atomic E-state index is 0.0271. The summed E-state index contributed by atoms with van der Waals surface area (Å²) in [5.41, 5.74) is 6.82. The number of rotatable bonds is 2. The highest BCUT2D eigenvalue weighted by molar-refractivity contribution is 5.97. The van der Waals surface area contributed by atoms with Crippen molar-refractivity contribution in [2.75, 3.05) is 0 Å². The average Bonchev–Trinajstić information content (AvgIpc) is 2.77. The van der Waals surface area contributed by atoms with E-state index in [0.29, 0.717) is 0 Å². The summed E-state index contributed by atoms with van der Waals surface area (Å²) in [5.74, 6) is 0.0271. The molecule has 0 aromatic heterocycles. The first-order chi connectivity index (χ1) is 9.65. The molecule has 0 aliphatic heterocycles. The van der Waals surface area contributed by atoms with Crippen molar-refractivity contribution in [2.24, 2.45) is 4.99 Å². The lowest BCUT2D eigenvalue weighted by atomic mass is 10.0. The van der Waals surface area contributed by atoms with Gasteiger partial charge in [0.1, 0.15) is 0 Å². The highest BCUT2D eigenvalue weighted by Crippen LogP contribution is 2.42. The topological polar surface area (TPSA) is 35.4 Å². The molecule has 0 saturated carbocycles. The number of allylic oxidation sites excluding steroid dienone is 2. The smallest absolute Gasteiger partial charge is 0.0714 e. The standard InChI is InChI=1S/C18H17NO/c1-12(10-13(2)20)19-17-9-5-7-15-11-14-6-3-4-8-16(14)18(15)17/h3-10,20H,11H2,1-2H3/p-1/b13-10-,19-12?. The maximum atomic E-state index is 11.1. The molecule has 2 heteroatoms. The molecule has 20 heavy (non-hydrogen) atoms. The Kier molecular flexibility index (Phi) is 3.15. The van der Waals surface area contributed by atoms with Crippen LogP contribution in [-0.4, -0.2) is 5.71 Å². The summed E-state index contributed by atoms with van der Waals surface area (Å²) < 4.78 is 0. The molecule has 0 atom stereocenters. The molecule has 1 aliphatic carbocycles. The van der Waals surface area contributed by atoms with E-state index in [9.17, 15) is 5.11 Å². The van der Waals surface area contributed by atoms with Crippen molar-refractivity contribution in [2.45, 2.75) is 20.3 Å². The van der Waals surface area contributed by atoms with Gasteiger partial charge in [-0.05, 0) is 36.1 Å². The SMILES string of the molecule is CC(/C=C(/C)[O-])=Nc1cccc2c1-c1ccccc1C2. The number of fused-ring (bicyclic) bond motifs is 3. The third-order valence-electron chi connectivity index (χ3n) is 3.51. The van der Waals surface area contributed by atoms with Crippen molar-refractivity contribution in [3.05, 3.63) is 65.4 Å². The molecule has 0 amide bonds. The van der Waals surface area contributed by atoms with E-state index in [-0.39, 0.29) is 5.76 Å². The van der Waals surface area contributed by atoms with Crippen LogP contribution in [0.5, 0.6) is 0 Å². The van der Waals surface area contributed by atoms with E-state index >= 15 is 0 Å². The maximum absolute atomic E-state index is 11.1. The average molecular weight is 262 g/mol. The molecule has 3 rings (SSSR count). The molecule has 2 aromatic carbocycles. The lowest BCUT2D eigenvalue weighted by Crippen LogP contribution is -2.00. The van der Waals surface area contributed by atoms with E-state index in [1.54, 1.807) is 13.0 Å². The van der Waals surface area contributed by atoms with Gasteiger partial charge in [0.15, 0.2) is 0 Å². The van der Waals surface area contributed by atoms with Crippen LogP contribution in [0, 0.1) is 0 Å². The van der Waals surface area contributed by atoms with Crippen LogP contribution in [0.3, 0.4) is 0 Å². The van der Waals surface area contributed by atoms with Crippen LogP contribution in [0.25, 0.3) is 11.1 Å². The van der Waals surface area contributed by atoms with E-state index in [0.717, 1.165) is 17.8 Å². The largest absolute Gasteiger partial charge is 0.876 e. The zero-order chi connectivity index (χ0) is 14.1. The number of aliphatic imine (C=N–C) groups is 1. The zero-order valence-corrected chi connectivity index (χ0v) is 11.7. The Morgan fingerprint density at radius 1 is 1.05 bits per heavy atom. The van der Waals surface area contributed by atoms with Gasteiger partial charge >= 0.3 is 0 Å². The molecule has 0 fully saturated rings. The second-order valence-corrected chi connectivity index (χ2v) is 5.15. The molecule has 0 heterocycles. The van der Waals surface area contributed by atoms with Crippen molar-refractivity contribution >= 4 is 11.4 Å². The molecule has 2 nitrogen and oxygen atoms in total. The predicted octanol–water partition coefficient (Wildman–Crippen LogP) is 3.61. The highest BCUT2D eigenvalue weighted by Gasteiger charge is 2.20. The fourth-order valence-electron chi connectivity index (χ4n) is 2.78. The third-order valence-corrected chi connectivity index (χ3v) is 3.51. The fourth-order valence-corrected chi connectivity index (χ4v) is 2.78. The van der Waals surface area contributed by atoms with E-state index in [1.807, 2.05) is 19.1 Å². The van der Waals surface area contributed by atoms with Gasteiger partial charge in [-0.15, -0.1) is 5.76 Å². The minimum absolute atomic E-state index is 0.0271. The van der Waals surface area contributed by atoms with Gasteiger partial charge in [-0.2, -0.15) is 0 Å². The van der Waals surface area contributed by atoms with Crippen molar-refractivity contribution in [1.29, 1.82) is 0 Å². The number of nitrogens with zero attached hydrogens (tertiary/aromatic N) is 1. The van der Waals surface area contributed by atoms with Crippen LogP contribution in [0.4, 0.5) is 5.69 Å². The van der Waals surface area contributed by atoms with Gasteiger partial charge in [-0.3, -0.25) is 4.99 Å². The molecule has 0 saturated heterocycles. The molecule has 1 aliphatic rings. The van der Waals surface area contributed by atoms with Gasteiger partial charge in [0.25, 0.3) is 0 Å². The van der Waals surface area contributed by atoms with Crippen molar-refractivity contribution in [3.8, 4) is 11.1 Å².